The number of methoxy groups -OCH3 is 2. The first-order valence-corrected chi connectivity index (χ1v) is 7.43. The number of nitrogens with zero attached hydrogens (tertiary/aromatic N) is 1. The van der Waals surface area contributed by atoms with E-state index < -0.39 is 0 Å². The highest BCUT2D eigenvalue weighted by Gasteiger charge is 2.18. The fourth-order valence-corrected chi connectivity index (χ4v) is 2.29. The molecule has 0 saturated heterocycles. The van der Waals surface area contributed by atoms with Crippen LogP contribution >= 0.6 is 15.9 Å². The summed E-state index contributed by atoms with van der Waals surface area (Å²) in [5.41, 5.74) is 1.69. The van der Waals surface area contributed by atoms with Crippen LogP contribution in [0.5, 0.6) is 0 Å². The molecule has 1 aromatic rings. The molecule has 1 rings (SSSR count). The Hall–Kier alpha value is -0.910. The summed E-state index contributed by atoms with van der Waals surface area (Å²) in [7, 11) is 3.31. The van der Waals surface area contributed by atoms with Crippen molar-refractivity contribution in [3.05, 3.63) is 33.8 Å². The Labute approximate surface area is 129 Å². The summed E-state index contributed by atoms with van der Waals surface area (Å²) < 4.78 is 11.1. The van der Waals surface area contributed by atoms with Gasteiger partial charge in [0.1, 0.15) is 0 Å². The number of amides is 1. The lowest BCUT2D eigenvalue weighted by atomic mass is 10.1. The molecule has 0 heterocycles. The molecule has 0 N–H and O–H groups in total. The maximum Gasteiger partial charge on any atom is 0.254 e. The standard InChI is InChI=1S/C15H22BrNO3/c1-12-13(6-4-7-14(12)16)15(18)17(9-11-20-3)8-5-10-19-2/h4,6-7H,5,8-11H2,1-3H3. The monoisotopic (exact) mass is 343 g/mol. The number of benzene rings is 1. The molecule has 0 aliphatic rings. The predicted molar refractivity (Wildman–Crippen MR) is 83.2 cm³/mol. The van der Waals surface area contributed by atoms with Gasteiger partial charge in [-0.2, -0.15) is 0 Å². The van der Waals surface area contributed by atoms with Crippen molar-refractivity contribution in [1.82, 2.24) is 4.90 Å². The van der Waals surface area contributed by atoms with Crippen LogP contribution in [0.2, 0.25) is 0 Å². The summed E-state index contributed by atoms with van der Waals surface area (Å²) in [5, 5.41) is 0. The van der Waals surface area contributed by atoms with Crippen molar-refractivity contribution in [2.45, 2.75) is 13.3 Å². The van der Waals surface area contributed by atoms with Gasteiger partial charge in [0.15, 0.2) is 0 Å². The minimum absolute atomic E-state index is 0.0388. The van der Waals surface area contributed by atoms with Gasteiger partial charge in [-0.1, -0.05) is 22.0 Å². The molecule has 4 nitrogen and oxygen atoms in total. The lowest BCUT2D eigenvalue weighted by Crippen LogP contribution is -2.35. The summed E-state index contributed by atoms with van der Waals surface area (Å²) in [4.78, 5) is 14.4. The first-order valence-electron chi connectivity index (χ1n) is 6.64. The number of carbonyl (C=O) groups excluding carboxylic acids is 1. The molecular weight excluding hydrogens is 322 g/mol. The highest BCUT2D eigenvalue weighted by Crippen LogP contribution is 2.20. The molecule has 0 radical (unpaired) electrons. The van der Waals surface area contributed by atoms with Crippen molar-refractivity contribution in [3.63, 3.8) is 0 Å². The number of ether oxygens (including phenoxy) is 2. The molecule has 0 unspecified atom stereocenters. The van der Waals surface area contributed by atoms with Gasteiger partial charge in [0, 0.05) is 44.0 Å². The summed E-state index contributed by atoms with van der Waals surface area (Å²) in [6.45, 7) is 4.38. The fourth-order valence-electron chi connectivity index (χ4n) is 1.93. The van der Waals surface area contributed by atoms with Crippen LogP contribution in [0.15, 0.2) is 22.7 Å². The van der Waals surface area contributed by atoms with Gasteiger partial charge < -0.3 is 14.4 Å². The number of hydrogen-bond acceptors (Lipinski definition) is 3. The largest absolute Gasteiger partial charge is 0.385 e. The quantitative estimate of drug-likeness (QED) is 0.681. The van der Waals surface area contributed by atoms with E-state index in [9.17, 15) is 4.79 Å². The van der Waals surface area contributed by atoms with Gasteiger partial charge in [-0.05, 0) is 31.0 Å². The third kappa shape index (κ3) is 4.89. The molecule has 0 atom stereocenters. The second-order valence-electron chi connectivity index (χ2n) is 4.54. The fraction of sp³-hybridized carbons (Fsp3) is 0.533. The Morgan fingerprint density at radius 2 is 1.90 bits per heavy atom. The zero-order valence-electron chi connectivity index (χ0n) is 12.3. The van der Waals surface area contributed by atoms with E-state index in [0.717, 1.165) is 22.0 Å². The third-order valence-corrected chi connectivity index (χ3v) is 3.99. The van der Waals surface area contributed by atoms with E-state index in [1.54, 1.807) is 14.2 Å². The Bertz CT molecular complexity index is 437. The van der Waals surface area contributed by atoms with Crippen molar-refractivity contribution in [2.75, 3.05) is 40.5 Å². The van der Waals surface area contributed by atoms with E-state index in [2.05, 4.69) is 15.9 Å². The SMILES string of the molecule is COCCCN(CCOC)C(=O)c1cccc(Br)c1C. The topological polar surface area (TPSA) is 38.8 Å². The van der Waals surface area contributed by atoms with Gasteiger partial charge in [-0.3, -0.25) is 4.79 Å². The molecule has 0 saturated carbocycles. The van der Waals surface area contributed by atoms with Gasteiger partial charge in [-0.25, -0.2) is 0 Å². The minimum Gasteiger partial charge on any atom is -0.385 e. The van der Waals surface area contributed by atoms with Gasteiger partial charge in [-0.15, -0.1) is 0 Å². The predicted octanol–water partition coefficient (Wildman–Crippen LogP) is 2.88. The molecule has 0 fully saturated rings. The second-order valence-corrected chi connectivity index (χ2v) is 5.40. The molecular formula is C15H22BrNO3. The molecule has 112 valence electrons. The van der Waals surface area contributed by atoms with Crippen LogP contribution in [0.3, 0.4) is 0 Å². The Kier molecular flexibility index (Phi) is 7.80. The summed E-state index contributed by atoms with van der Waals surface area (Å²) in [6.07, 6.45) is 0.818. The molecule has 20 heavy (non-hydrogen) atoms. The first kappa shape index (κ1) is 17.1. The first-order chi connectivity index (χ1) is 9.61. The van der Waals surface area contributed by atoms with Crippen molar-refractivity contribution in [2.24, 2.45) is 0 Å². The average Bonchev–Trinajstić information content (AvgIpc) is 2.45. The van der Waals surface area contributed by atoms with Gasteiger partial charge in [0.05, 0.1) is 6.61 Å². The van der Waals surface area contributed by atoms with Crippen LogP contribution < -0.4 is 0 Å². The second kappa shape index (κ2) is 9.10. The van der Waals surface area contributed by atoms with Crippen LogP contribution in [0.25, 0.3) is 0 Å². The van der Waals surface area contributed by atoms with Crippen molar-refractivity contribution >= 4 is 21.8 Å². The summed E-state index contributed by atoms with van der Waals surface area (Å²) in [6, 6.07) is 5.68. The van der Waals surface area contributed by atoms with Crippen LogP contribution in [0.1, 0.15) is 22.3 Å². The van der Waals surface area contributed by atoms with Crippen LogP contribution in [-0.4, -0.2) is 51.3 Å². The summed E-state index contributed by atoms with van der Waals surface area (Å²) in [5.74, 6) is 0.0388. The number of halogens is 1. The average molecular weight is 344 g/mol. The number of hydrogen-bond donors (Lipinski definition) is 0. The maximum absolute atomic E-state index is 12.6. The smallest absolute Gasteiger partial charge is 0.254 e. The molecule has 5 heteroatoms. The van der Waals surface area contributed by atoms with E-state index in [-0.39, 0.29) is 5.91 Å². The van der Waals surface area contributed by atoms with Crippen LogP contribution in [0.4, 0.5) is 0 Å². The molecule has 1 aromatic carbocycles. The zero-order valence-corrected chi connectivity index (χ0v) is 13.9. The molecule has 0 spiro atoms. The number of rotatable bonds is 8. The molecule has 0 aliphatic heterocycles. The third-order valence-electron chi connectivity index (χ3n) is 3.13. The maximum atomic E-state index is 12.6. The zero-order chi connectivity index (χ0) is 15.0. The van der Waals surface area contributed by atoms with E-state index >= 15 is 0 Å². The van der Waals surface area contributed by atoms with E-state index in [1.165, 1.54) is 0 Å². The summed E-state index contributed by atoms with van der Waals surface area (Å²) >= 11 is 3.46. The van der Waals surface area contributed by atoms with Crippen molar-refractivity contribution < 1.29 is 14.3 Å². The number of carbonyl (C=O) groups is 1. The van der Waals surface area contributed by atoms with E-state index in [1.807, 2.05) is 30.0 Å². The Balaban J connectivity index is 2.82. The highest BCUT2D eigenvalue weighted by atomic mass is 79.9. The lowest BCUT2D eigenvalue weighted by Gasteiger charge is -2.23. The molecule has 0 bridgehead atoms. The van der Waals surface area contributed by atoms with E-state index in [4.69, 9.17) is 9.47 Å². The van der Waals surface area contributed by atoms with Crippen molar-refractivity contribution in [3.8, 4) is 0 Å². The Morgan fingerprint density at radius 3 is 2.55 bits per heavy atom. The molecule has 0 aromatic heterocycles. The van der Waals surface area contributed by atoms with Crippen LogP contribution in [-0.2, 0) is 9.47 Å². The van der Waals surface area contributed by atoms with Crippen molar-refractivity contribution in [1.29, 1.82) is 0 Å². The highest BCUT2D eigenvalue weighted by molar-refractivity contribution is 9.10. The van der Waals surface area contributed by atoms with Gasteiger partial charge in [0.25, 0.3) is 5.91 Å². The van der Waals surface area contributed by atoms with Crippen LogP contribution in [0, 0.1) is 6.92 Å². The van der Waals surface area contributed by atoms with Gasteiger partial charge >= 0.3 is 0 Å². The Morgan fingerprint density at radius 1 is 1.20 bits per heavy atom. The van der Waals surface area contributed by atoms with E-state index in [0.29, 0.717) is 26.3 Å². The molecule has 1 amide bonds. The van der Waals surface area contributed by atoms with Gasteiger partial charge in [0.2, 0.25) is 0 Å². The minimum atomic E-state index is 0.0388. The normalized spacial score (nSPS) is 10.6. The molecule has 0 aliphatic carbocycles. The lowest BCUT2D eigenvalue weighted by molar-refractivity contribution is 0.0673.